The van der Waals surface area contributed by atoms with Crippen molar-refractivity contribution in [3.8, 4) is 0 Å². The number of hydrogen-bond donors (Lipinski definition) is 1. The van der Waals surface area contributed by atoms with Crippen LogP contribution in [0, 0.1) is 15.5 Å². The number of anilines is 1. The predicted octanol–water partition coefficient (Wildman–Crippen LogP) is 3.47. The highest BCUT2D eigenvalue weighted by Gasteiger charge is 2.22. The summed E-state index contributed by atoms with van der Waals surface area (Å²) in [6.07, 6.45) is 0. The molecule has 1 aromatic rings. The Hall–Kier alpha value is -1.43. The third-order valence-electron chi connectivity index (χ3n) is 2.37. The molecule has 0 bridgehead atoms. The van der Waals surface area contributed by atoms with Crippen molar-refractivity contribution >= 4 is 33.2 Å². The number of hydrogen-bond acceptors (Lipinski definition) is 3. The standard InChI is InChI=1S/C12H15BrN2O3/c1-12(2,3)11(16)14-10-5-4-9(15(17)18)6-8(10)7-13/h4-6H,7H2,1-3H3,(H,14,16). The van der Waals surface area contributed by atoms with Crippen LogP contribution in [-0.2, 0) is 10.1 Å². The molecule has 0 aliphatic heterocycles. The Labute approximate surface area is 114 Å². The highest BCUT2D eigenvalue weighted by molar-refractivity contribution is 9.08. The lowest BCUT2D eigenvalue weighted by Crippen LogP contribution is -2.28. The average Bonchev–Trinajstić information content (AvgIpc) is 2.27. The van der Waals surface area contributed by atoms with Gasteiger partial charge in [0.25, 0.3) is 5.69 Å². The molecule has 0 radical (unpaired) electrons. The summed E-state index contributed by atoms with van der Waals surface area (Å²) in [5.41, 5.74) is 0.781. The van der Waals surface area contributed by atoms with E-state index >= 15 is 0 Å². The maximum atomic E-state index is 11.9. The van der Waals surface area contributed by atoms with Gasteiger partial charge in [-0.3, -0.25) is 14.9 Å². The minimum atomic E-state index is -0.509. The summed E-state index contributed by atoms with van der Waals surface area (Å²) >= 11 is 3.26. The highest BCUT2D eigenvalue weighted by Crippen LogP contribution is 2.26. The van der Waals surface area contributed by atoms with Crippen molar-refractivity contribution in [2.24, 2.45) is 5.41 Å². The highest BCUT2D eigenvalue weighted by atomic mass is 79.9. The zero-order valence-corrected chi connectivity index (χ0v) is 12.1. The Balaban J connectivity index is 3.04. The van der Waals surface area contributed by atoms with Gasteiger partial charge in [0.05, 0.1) is 4.92 Å². The van der Waals surface area contributed by atoms with Crippen LogP contribution < -0.4 is 5.32 Å². The summed E-state index contributed by atoms with van der Waals surface area (Å²) in [6, 6.07) is 4.38. The fraction of sp³-hybridized carbons (Fsp3) is 0.417. The first kappa shape index (κ1) is 14.6. The summed E-state index contributed by atoms with van der Waals surface area (Å²) in [4.78, 5) is 22.1. The number of alkyl halides is 1. The first-order valence-electron chi connectivity index (χ1n) is 5.40. The maximum absolute atomic E-state index is 11.9. The molecule has 0 fully saturated rings. The lowest BCUT2D eigenvalue weighted by atomic mass is 9.95. The van der Waals surface area contributed by atoms with Gasteiger partial charge in [-0.2, -0.15) is 0 Å². The molecule has 0 saturated carbocycles. The van der Waals surface area contributed by atoms with Gasteiger partial charge in [0.15, 0.2) is 0 Å². The Morgan fingerprint density at radius 2 is 2.06 bits per heavy atom. The number of carbonyl (C=O) groups excluding carboxylic acids is 1. The van der Waals surface area contributed by atoms with Crippen LogP contribution in [0.4, 0.5) is 11.4 Å². The van der Waals surface area contributed by atoms with Gasteiger partial charge in [-0.1, -0.05) is 36.7 Å². The van der Waals surface area contributed by atoms with Gasteiger partial charge < -0.3 is 5.32 Å². The molecule has 1 rings (SSSR count). The van der Waals surface area contributed by atoms with E-state index in [0.717, 1.165) is 0 Å². The van der Waals surface area contributed by atoms with Crippen LogP contribution in [0.5, 0.6) is 0 Å². The first-order valence-corrected chi connectivity index (χ1v) is 6.52. The molecule has 98 valence electrons. The monoisotopic (exact) mass is 314 g/mol. The van der Waals surface area contributed by atoms with Crippen LogP contribution in [0.1, 0.15) is 26.3 Å². The van der Waals surface area contributed by atoms with E-state index in [1.807, 2.05) is 20.8 Å². The minimum absolute atomic E-state index is 0.0122. The molecule has 1 amide bonds. The number of benzene rings is 1. The molecule has 5 nitrogen and oxygen atoms in total. The summed E-state index contributed by atoms with van der Waals surface area (Å²) in [6.45, 7) is 5.42. The lowest BCUT2D eigenvalue weighted by Gasteiger charge is -2.18. The number of nitro groups is 1. The quantitative estimate of drug-likeness (QED) is 0.527. The van der Waals surface area contributed by atoms with Crippen molar-refractivity contribution in [1.82, 2.24) is 0 Å². The second-order valence-electron chi connectivity index (χ2n) is 4.94. The summed E-state index contributed by atoms with van der Waals surface area (Å²) < 4.78 is 0. The number of nitrogens with zero attached hydrogens (tertiary/aromatic N) is 1. The number of amides is 1. The third kappa shape index (κ3) is 3.53. The molecule has 0 atom stereocenters. The van der Waals surface area contributed by atoms with Gasteiger partial charge in [-0.05, 0) is 11.6 Å². The van der Waals surface area contributed by atoms with Crippen LogP contribution in [0.3, 0.4) is 0 Å². The van der Waals surface area contributed by atoms with Crippen molar-refractivity contribution in [1.29, 1.82) is 0 Å². The smallest absolute Gasteiger partial charge is 0.269 e. The molecule has 0 saturated heterocycles. The van der Waals surface area contributed by atoms with Crippen LogP contribution in [0.25, 0.3) is 0 Å². The van der Waals surface area contributed by atoms with Crippen LogP contribution in [0.15, 0.2) is 18.2 Å². The van der Waals surface area contributed by atoms with Crippen LogP contribution >= 0.6 is 15.9 Å². The molecule has 0 aliphatic carbocycles. The van der Waals surface area contributed by atoms with Crippen molar-refractivity contribution in [3.63, 3.8) is 0 Å². The third-order valence-corrected chi connectivity index (χ3v) is 2.98. The fourth-order valence-electron chi connectivity index (χ4n) is 1.24. The van der Waals surface area contributed by atoms with Gasteiger partial charge in [0.2, 0.25) is 5.91 Å². The van der Waals surface area contributed by atoms with E-state index in [1.165, 1.54) is 12.1 Å². The van der Waals surface area contributed by atoms with Gasteiger partial charge in [-0.25, -0.2) is 0 Å². The normalized spacial score (nSPS) is 11.1. The molecular formula is C12H15BrN2O3. The predicted molar refractivity (Wildman–Crippen MR) is 73.8 cm³/mol. The zero-order valence-electron chi connectivity index (χ0n) is 10.5. The molecular weight excluding hydrogens is 300 g/mol. The second kappa shape index (κ2) is 5.48. The molecule has 0 aromatic heterocycles. The Morgan fingerprint density at radius 1 is 1.44 bits per heavy atom. The lowest BCUT2D eigenvalue weighted by molar-refractivity contribution is -0.384. The van der Waals surface area contributed by atoms with E-state index in [-0.39, 0.29) is 11.6 Å². The zero-order chi connectivity index (χ0) is 13.9. The largest absolute Gasteiger partial charge is 0.325 e. The fourth-order valence-corrected chi connectivity index (χ4v) is 1.70. The van der Waals surface area contributed by atoms with Gasteiger partial charge in [0, 0.05) is 28.6 Å². The summed E-state index contributed by atoms with van der Waals surface area (Å²) in [5, 5.41) is 13.9. The van der Waals surface area contributed by atoms with Crippen molar-refractivity contribution < 1.29 is 9.72 Å². The molecule has 0 unspecified atom stereocenters. The maximum Gasteiger partial charge on any atom is 0.269 e. The van der Waals surface area contributed by atoms with Gasteiger partial charge >= 0.3 is 0 Å². The van der Waals surface area contributed by atoms with E-state index < -0.39 is 10.3 Å². The Morgan fingerprint density at radius 3 is 2.50 bits per heavy atom. The number of nitrogens with one attached hydrogen (secondary N) is 1. The van der Waals surface area contributed by atoms with Gasteiger partial charge in [0.1, 0.15) is 0 Å². The van der Waals surface area contributed by atoms with Crippen molar-refractivity contribution in [2.75, 3.05) is 5.32 Å². The number of non-ortho nitro benzene ring substituents is 1. The molecule has 1 N–H and O–H groups in total. The van der Waals surface area contributed by atoms with Crippen molar-refractivity contribution in [3.05, 3.63) is 33.9 Å². The van der Waals surface area contributed by atoms with Gasteiger partial charge in [-0.15, -0.1) is 0 Å². The minimum Gasteiger partial charge on any atom is -0.325 e. The number of carbonyl (C=O) groups is 1. The average molecular weight is 315 g/mol. The Bertz CT molecular complexity index is 481. The number of halogens is 1. The molecule has 0 spiro atoms. The van der Waals surface area contributed by atoms with E-state index in [0.29, 0.717) is 16.6 Å². The van der Waals surface area contributed by atoms with E-state index in [9.17, 15) is 14.9 Å². The summed E-state index contributed by atoms with van der Waals surface area (Å²) in [5.74, 6) is -0.126. The molecule has 0 aliphatic rings. The topological polar surface area (TPSA) is 72.2 Å². The second-order valence-corrected chi connectivity index (χ2v) is 5.50. The molecule has 0 heterocycles. The van der Waals surface area contributed by atoms with E-state index in [4.69, 9.17) is 0 Å². The number of rotatable bonds is 3. The molecule has 18 heavy (non-hydrogen) atoms. The van der Waals surface area contributed by atoms with Crippen molar-refractivity contribution in [2.45, 2.75) is 26.1 Å². The van der Waals surface area contributed by atoms with Crippen LogP contribution in [0.2, 0.25) is 0 Å². The van der Waals surface area contributed by atoms with Crippen LogP contribution in [-0.4, -0.2) is 10.8 Å². The summed E-state index contributed by atoms with van der Waals surface area (Å²) in [7, 11) is 0. The Kier molecular flexibility index (Phi) is 4.45. The SMILES string of the molecule is CC(C)(C)C(=O)Nc1ccc([N+](=O)[O-])cc1CBr. The first-order chi connectivity index (χ1) is 8.25. The number of nitro benzene ring substituents is 1. The van der Waals surface area contributed by atoms with E-state index in [2.05, 4.69) is 21.2 Å². The molecule has 1 aromatic carbocycles. The van der Waals surface area contributed by atoms with E-state index in [1.54, 1.807) is 6.07 Å². The molecule has 6 heteroatoms.